The molecule has 0 atom stereocenters. The summed E-state index contributed by atoms with van der Waals surface area (Å²) in [5.74, 6) is 0.669. The van der Waals surface area contributed by atoms with E-state index < -0.39 is 0 Å². The van der Waals surface area contributed by atoms with Crippen LogP contribution >= 0.6 is 11.6 Å². The number of nitrogens with one attached hydrogen (secondary N) is 1. The zero-order chi connectivity index (χ0) is 21.6. The summed E-state index contributed by atoms with van der Waals surface area (Å²) in [7, 11) is 0. The normalized spacial score (nSPS) is 10.6. The minimum absolute atomic E-state index is 0.0770. The molecule has 31 heavy (non-hydrogen) atoms. The van der Waals surface area contributed by atoms with Gasteiger partial charge in [-0.25, -0.2) is 4.39 Å². The molecule has 1 heterocycles. The van der Waals surface area contributed by atoms with E-state index in [1.807, 2.05) is 0 Å². The lowest BCUT2D eigenvalue weighted by atomic mass is 10.1. The van der Waals surface area contributed by atoms with E-state index in [1.165, 1.54) is 12.1 Å². The van der Waals surface area contributed by atoms with E-state index in [4.69, 9.17) is 20.8 Å². The Labute approximate surface area is 182 Å². The molecule has 4 aromatic rings. The van der Waals surface area contributed by atoms with E-state index in [9.17, 15) is 9.18 Å². The van der Waals surface area contributed by atoms with Crippen LogP contribution in [0.5, 0.6) is 5.75 Å². The summed E-state index contributed by atoms with van der Waals surface area (Å²) in [6.45, 7) is 0.0770. The highest BCUT2D eigenvalue weighted by atomic mass is 35.5. The Bertz CT molecular complexity index is 1180. The number of ether oxygens (including phenoxy) is 1. The number of halogens is 2. The zero-order valence-corrected chi connectivity index (χ0v) is 17.0. The summed E-state index contributed by atoms with van der Waals surface area (Å²) >= 11 is 5.89. The van der Waals surface area contributed by atoms with Crippen LogP contribution in [0.15, 0.2) is 77.2 Å². The number of anilines is 1. The molecular formula is C23H17ClFN3O3. The molecule has 1 amide bonds. The lowest BCUT2D eigenvalue weighted by molar-refractivity contribution is -0.115. The first-order valence-electron chi connectivity index (χ1n) is 9.41. The first-order valence-corrected chi connectivity index (χ1v) is 9.78. The second-order valence-corrected chi connectivity index (χ2v) is 7.11. The smallest absolute Gasteiger partial charge is 0.254 e. The topological polar surface area (TPSA) is 77.2 Å². The molecule has 1 N–H and O–H groups in total. The number of benzene rings is 3. The van der Waals surface area contributed by atoms with Crippen molar-refractivity contribution in [1.82, 2.24) is 10.2 Å². The number of nitrogens with zero attached hydrogens (tertiary/aromatic N) is 2. The third kappa shape index (κ3) is 5.67. The van der Waals surface area contributed by atoms with Crippen molar-refractivity contribution in [3.8, 4) is 17.2 Å². The van der Waals surface area contributed by atoms with Crippen molar-refractivity contribution < 1.29 is 18.3 Å². The molecule has 6 nitrogen and oxygen atoms in total. The fourth-order valence-electron chi connectivity index (χ4n) is 2.82. The Kier molecular flexibility index (Phi) is 6.24. The number of rotatable bonds is 7. The van der Waals surface area contributed by atoms with Crippen LogP contribution in [-0.4, -0.2) is 16.1 Å². The average molecular weight is 438 g/mol. The van der Waals surface area contributed by atoms with E-state index >= 15 is 0 Å². The van der Waals surface area contributed by atoms with Crippen molar-refractivity contribution >= 4 is 23.2 Å². The molecule has 0 saturated carbocycles. The van der Waals surface area contributed by atoms with Crippen molar-refractivity contribution in [3.05, 3.63) is 95.1 Å². The average Bonchev–Trinajstić information content (AvgIpc) is 3.24. The number of hydrogen-bond donors (Lipinski definition) is 1. The maximum atomic E-state index is 13.0. The number of amides is 1. The van der Waals surface area contributed by atoms with Gasteiger partial charge >= 0.3 is 0 Å². The van der Waals surface area contributed by atoms with E-state index in [0.717, 1.165) is 11.1 Å². The molecule has 3 aromatic carbocycles. The zero-order valence-electron chi connectivity index (χ0n) is 16.2. The van der Waals surface area contributed by atoms with Crippen molar-refractivity contribution in [2.45, 2.75) is 13.0 Å². The highest BCUT2D eigenvalue weighted by Crippen LogP contribution is 2.22. The van der Waals surface area contributed by atoms with Crippen LogP contribution < -0.4 is 10.1 Å². The molecule has 0 bridgehead atoms. The van der Waals surface area contributed by atoms with Gasteiger partial charge < -0.3 is 14.5 Å². The van der Waals surface area contributed by atoms with Crippen LogP contribution in [0.4, 0.5) is 10.1 Å². The molecule has 0 unspecified atom stereocenters. The maximum Gasteiger partial charge on any atom is 0.254 e. The van der Waals surface area contributed by atoms with Crippen LogP contribution in [0.25, 0.3) is 11.5 Å². The molecule has 156 valence electrons. The van der Waals surface area contributed by atoms with Gasteiger partial charge in [0.25, 0.3) is 5.89 Å². The molecular weight excluding hydrogens is 421 g/mol. The Hall–Kier alpha value is -3.71. The number of carbonyl (C=O) groups excluding carboxylic acids is 1. The van der Waals surface area contributed by atoms with Gasteiger partial charge in [0.1, 0.15) is 11.6 Å². The van der Waals surface area contributed by atoms with Gasteiger partial charge in [-0.2, -0.15) is 0 Å². The van der Waals surface area contributed by atoms with Crippen LogP contribution in [-0.2, 0) is 17.8 Å². The molecule has 1 aromatic heterocycles. The van der Waals surface area contributed by atoms with Crippen LogP contribution in [0.3, 0.4) is 0 Å². The summed E-state index contributed by atoms with van der Waals surface area (Å²) in [6.07, 6.45) is 0.140. The van der Waals surface area contributed by atoms with E-state index in [0.29, 0.717) is 28.2 Å². The first-order chi connectivity index (χ1) is 15.0. The standard InChI is InChI=1S/C23H17ClFN3O3/c24-17-8-6-16(7-9-17)23-28-27-22(31-23)14-30-20-3-1-2-19(13-20)26-21(29)12-15-4-10-18(25)11-5-15/h1-11,13H,12,14H2,(H,26,29). The fraction of sp³-hybridized carbons (Fsp3) is 0.0870. The van der Waals surface area contributed by atoms with Gasteiger partial charge in [-0.1, -0.05) is 29.8 Å². The highest BCUT2D eigenvalue weighted by Gasteiger charge is 2.10. The van der Waals surface area contributed by atoms with Gasteiger partial charge in [-0.05, 0) is 54.1 Å². The summed E-state index contributed by atoms with van der Waals surface area (Å²) in [5.41, 5.74) is 2.06. The Balaban J connectivity index is 1.34. The summed E-state index contributed by atoms with van der Waals surface area (Å²) in [5, 5.41) is 11.4. The number of hydrogen-bond acceptors (Lipinski definition) is 5. The molecule has 4 rings (SSSR count). The molecule has 0 aliphatic heterocycles. The van der Waals surface area contributed by atoms with Crippen molar-refractivity contribution in [1.29, 1.82) is 0 Å². The quantitative estimate of drug-likeness (QED) is 0.425. The molecule has 0 fully saturated rings. The molecule has 0 spiro atoms. The van der Waals surface area contributed by atoms with Crippen molar-refractivity contribution in [2.24, 2.45) is 0 Å². The molecule has 0 aliphatic rings. The minimum Gasteiger partial charge on any atom is -0.484 e. The lowest BCUT2D eigenvalue weighted by Crippen LogP contribution is -2.14. The summed E-state index contributed by atoms with van der Waals surface area (Å²) in [6, 6.07) is 19.8. The summed E-state index contributed by atoms with van der Waals surface area (Å²) in [4.78, 5) is 12.2. The Morgan fingerprint density at radius 1 is 1.03 bits per heavy atom. The van der Waals surface area contributed by atoms with Crippen LogP contribution in [0.1, 0.15) is 11.5 Å². The van der Waals surface area contributed by atoms with Gasteiger partial charge in [-0.15, -0.1) is 10.2 Å². The number of aromatic nitrogens is 2. The minimum atomic E-state index is -0.337. The predicted octanol–water partition coefficient (Wildman–Crippen LogP) is 5.29. The summed E-state index contributed by atoms with van der Waals surface area (Å²) < 4.78 is 24.3. The monoisotopic (exact) mass is 437 g/mol. The largest absolute Gasteiger partial charge is 0.484 e. The molecule has 0 saturated heterocycles. The third-order valence-electron chi connectivity index (χ3n) is 4.32. The fourth-order valence-corrected chi connectivity index (χ4v) is 2.95. The molecule has 0 aliphatic carbocycles. The van der Waals surface area contributed by atoms with Crippen LogP contribution in [0.2, 0.25) is 5.02 Å². The van der Waals surface area contributed by atoms with E-state index in [2.05, 4.69) is 15.5 Å². The van der Waals surface area contributed by atoms with E-state index in [-0.39, 0.29) is 24.8 Å². The SMILES string of the molecule is O=C(Cc1ccc(F)cc1)Nc1cccc(OCc2nnc(-c3ccc(Cl)cc3)o2)c1. The second-order valence-electron chi connectivity index (χ2n) is 6.68. The Morgan fingerprint density at radius 2 is 1.81 bits per heavy atom. The molecule has 8 heteroatoms. The van der Waals surface area contributed by atoms with Gasteiger partial charge in [0.05, 0.1) is 6.42 Å². The Morgan fingerprint density at radius 3 is 2.58 bits per heavy atom. The maximum absolute atomic E-state index is 13.0. The lowest BCUT2D eigenvalue weighted by Gasteiger charge is -2.08. The number of carbonyl (C=O) groups is 1. The van der Waals surface area contributed by atoms with Gasteiger partial charge in [-0.3, -0.25) is 4.79 Å². The van der Waals surface area contributed by atoms with Gasteiger partial charge in [0, 0.05) is 22.3 Å². The van der Waals surface area contributed by atoms with Gasteiger partial charge in [0.2, 0.25) is 11.8 Å². The second kappa shape index (κ2) is 9.40. The first kappa shape index (κ1) is 20.6. The van der Waals surface area contributed by atoms with Crippen molar-refractivity contribution in [3.63, 3.8) is 0 Å². The highest BCUT2D eigenvalue weighted by molar-refractivity contribution is 6.30. The third-order valence-corrected chi connectivity index (χ3v) is 4.57. The van der Waals surface area contributed by atoms with Crippen molar-refractivity contribution in [2.75, 3.05) is 5.32 Å². The van der Waals surface area contributed by atoms with E-state index in [1.54, 1.807) is 60.7 Å². The molecule has 0 radical (unpaired) electrons. The predicted molar refractivity (Wildman–Crippen MR) is 114 cm³/mol. The van der Waals surface area contributed by atoms with Gasteiger partial charge in [0.15, 0.2) is 6.61 Å². The van der Waals surface area contributed by atoms with Crippen LogP contribution in [0, 0.1) is 5.82 Å².